The van der Waals surface area contributed by atoms with Crippen molar-refractivity contribution in [3.63, 3.8) is 0 Å². The average molecular weight is 286 g/mol. The van der Waals surface area contributed by atoms with Crippen molar-refractivity contribution in [1.29, 1.82) is 0 Å². The van der Waals surface area contributed by atoms with Gasteiger partial charge in [0, 0.05) is 23.6 Å². The van der Waals surface area contributed by atoms with Gasteiger partial charge in [-0.2, -0.15) is 8.42 Å². The lowest BCUT2D eigenvalue weighted by atomic mass is 10.1. The lowest BCUT2D eigenvalue weighted by Crippen LogP contribution is -2.31. The molecule has 0 spiro atoms. The van der Waals surface area contributed by atoms with Crippen molar-refractivity contribution in [3.8, 4) is 0 Å². The van der Waals surface area contributed by atoms with Gasteiger partial charge in [-0.25, -0.2) is 0 Å². The highest BCUT2D eigenvalue weighted by molar-refractivity contribution is 7.86. The van der Waals surface area contributed by atoms with Crippen LogP contribution in [0.1, 0.15) is 21.7 Å². The molecule has 0 bridgehead atoms. The van der Waals surface area contributed by atoms with Gasteiger partial charge in [-0.1, -0.05) is 29.8 Å². The molecule has 0 N–H and O–H groups in total. The minimum atomic E-state index is -3.67. The molecule has 0 aromatic heterocycles. The van der Waals surface area contributed by atoms with Crippen molar-refractivity contribution < 1.29 is 21.5 Å². The Balaban J connectivity index is 2.02. The standard InChI is InChI=1S/C13H17NO4S/c1-10-3-5-11(6-4-10)9-14-8-7-12(13(14)15)18-19(2,16)17/h3-6,12H,7-9H2,1-2H3/t12-/m0/s1/i1D3. The molecule has 6 heteroatoms. The van der Waals surface area contributed by atoms with Gasteiger partial charge in [0.15, 0.2) is 6.10 Å². The van der Waals surface area contributed by atoms with E-state index in [1.807, 2.05) is 0 Å². The fourth-order valence-corrected chi connectivity index (χ4v) is 2.60. The SMILES string of the molecule is [2H]C([2H])([2H])c1ccc(CN2CC[C@H](OS(C)(=O)=O)C2=O)cc1. The summed E-state index contributed by atoms with van der Waals surface area (Å²) in [5.41, 5.74) is 1.02. The fourth-order valence-electron chi connectivity index (χ4n) is 2.00. The molecule has 104 valence electrons. The zero-order chi connectivity index (χ0) is 16.5. The molecule has 1 aromatic rings. The minimum absolute atomic E-state index is 0.238. The van der Waals surface area contributed by atoms with E-state index in [2.05, 4.69) is 0 Å². The lowest BCUT2D eigenvalue weighted by molar-refractivity contribution is -0.133. The first-order valence-corrected chi connectivity index (χ1v) is 7.64. The van der Waals surface area contributed by atoms with Crippen LogP contribution < -0.4 is 0 Å². The number of benzene rings is 1. The Bertz CT molecular complexity index is 655. The molecule has 0 aliphatic carbocycles. The summed E-state index contributed by atoms with van der Waals surface area (Å²) >= 11 is 0. The Morgan fingerprint density at radius 1 is 1.42 bits per heavy atom. The van der Waals surface area contributed by atoms with E-state index >= 15 is 0 Å². The van der Waals surface area contributed by atoms with Gasteiger partial charge in [-0.15, -0.1) is 0 Å². The number of likely N-dealkylation sites (tertiary alicyclic amines) is 1. The van der Waals surface area contributed by atoms with E-state index < -0.39 is 23.1 Å². The van der Waals surface area contributed by atoms with Crippen molar-refractivity contribution in [2.75, 3.05) is 12.8 Å². The van der Waals surface area contributed by atoms with E-state index in [9.17, 15) is 13.2 Å². The van der Waals surface area contributed by atoms with Gasteiger partial charge in [0.2, 0.25) is 0 Å². The predicted molar refractivity (Wildman–Crippen MR) is 70.9 cm³/mol. The van der Waals surface area contributed by atoms with Gasteiger partial charge in [0.25, 0.3) is 16.0 Å². The quantitative estimate of drug-likeness (QED) is 0.777. The number of rotatable bonds is 4. The molecule has 1 heterocycles. The van der Waals surface area contributed by atoms with Crippen LogP contribution in [0.5, 0.6) is 0 Å². The van der Waals surface area contributed by atoms with Crippen LogP contribution in [-0.2, 0) is 25.6 Å². The Morgan fingerprint density at radius 2 is 2.11 bits per heavy atom. The third-order valence-corrected chi connectivity index (χ3v) is 3.45. The predicted octanol–water partition coefficient (Wildman–Crippen LogP) is 1.07. The summed E-state index contributed by atoms with van der Waals surface area (Å²) in [6, 6.07) is 6.32. The number of hydrogen-bond acceptors (Lipinski definition) is 4. The average Bonchev–Trinajstić information content (AvgIpc) is 2.69. The normalized spacial score (nSPS) is 23.0. The maximum Gasteiger partial charge on any atom is 0.265 e. The Hall–Kier alpha value is -1.40. The van der Waals surface area contributed by atoms with Gasteiger partial charge in [-0.3, -0.25) is 8.98 Å². The highest BCUT2D eigenvalue weighted by Gasteiger charge is 2.34. The summed E-state index contributed by atoms with van der Waals surface area (Å²) in [4.78, 5) is 13.6. The van der Waals surface area contributed by atoms with E-state index in [4.69, 9.17) is 8.30 Å². The number of carbonyl (C=O) groups excluding carboxylic acids is 1. The van der Waals surface area contributed by atoms with Gasteiger partial charge in [0.05, 0.1) is 6.26 Å². The van der Waals surface area contributed by atoms with Crippen LogP contribution >= 0.6 is 0 Å². The Morgan fingerprint density at radius 3 is 2.68 bits per heavy atom. The van der Waals surface area contributed by atoms with Gasteiger partial charge in [-0.05, 0) is 12.4 Å². The van der Waals surface area contributed by atoms with Crippen LogP contribution in [0.15, 0.2) is 24.3 Å². The first-order valence-electron chi connectivity index (χ1n) is 7.33. The van der Waals surface area contributed by atoms with Gasteiger partial charge >= 0.3 is 0 Å². The molecule has 1 amide bonds. The molecular formula is C13H17NO4S. The van der Waals surface area contributed by atoms with E-state index in [0.717, 1.165) is 11.8 Å². The van der Waals surface area contributed by atoms with E-state index in [1.54, 1.807) is 12.1 Å². The van der Waals surface area contributed by atoms with Crippen LogP contribution in [0.4, 0.5) is 0 Å². The zero-order valence-corrected chi connectivity index (χ0v) is 11.3. The van der Waals surface area contributed by atoms with Crippen LogP contribution in [0.3, 0.4) is 0 Å². The minimum Gasteiger partial charge on any atom is -0.336 e. The van der Waals surface area contributed by atoms with E-state index in [1.165, 1.54) is 17.0 Å². The Kier molecular flexibility index (Phi) is 2.90. The van der Waals surface area contributed by atoms with Crippen LogP contribution in [-0.4, -0.2) is 38.1 Å². The second-order valence-corrected chi connectivity index (χ2v) is 6.14. The second kappa shape index (κ2) is 5.30. The Labute approximate surface area is 117 Å². The van der Waals surface area contributed by atoms with Crippen molar-refractivity contribution >= 4 is 16.0 Å². The number of amides is 1. The largest absolute Gasteiger partial charge is 0.336 e. The smallest absolute Gasteiger partial charge is 0.265 e. The van der Waals surface area contributed by atoms with Crippen molar-refractivity contribution in [3.05, 3.63) is 35.4 Å². The molecule has 0 unspecified atom stereocenters. The third-order valence-electron chi connectivity index (χ3n) is 2.87. The third kappa shape index (κ3) is 3.78. The van der Waals surface area contributed by atoms with Crippen LogP contribution in [0.2, 0.25) is 0 Å². The molecule has 1 aliphatic rings. The van der Waals surface area contributed by atoms with Crippen molar-refractivity contribution in [1.82, 2.24) is 4.90 Å². The maximum atomic E-state index is 12.1. The lowest BCUT2D eigenvalue weighted by Gasteiger charge is -2.16. The molecule has 1 fully saturated rings. The summed E-state index contributed by atoms with van der Waals surface area (Å²) in [5, 5.41) is 0. The number of hydrogen-bond donors (Lipinski definition) is 0. The molecule has 1 aromatic carbocycles. The maximum absolute atomic E-state index is 12.1. The van der Waals surface area contributed by atoms with Gasteiger partial charge < -0.3 is 4.90 Å². The molecule has 0 saturated carbocycles. The zero-order valence-electron chi connectivity index (χ0n) is 13.5. The fraction of sp³-hybridized carbons (Fsp3) is 0.462. The van der Waals surface area contributed by atoms with Gasteiger partial charge in [0.1, 0.15) is 0 Å². The molecule has 1 atom stereocenters. The van der Waals surface area contributed by atoms with Crippen LogP contribution in [0.25, 0.3) is 0 Å². The molecule has 19 heavy (non-hydrogen) atoms. The monoisotopic (exact) mass is 286 g/mol. The van der Waals surface area contributed by atoms with E-state index in [-0.39, 0.29) is 11.5 Å². The van der Waals surface area contributed by atoms with Crippen molar-refractivity contribution in [2.45, 2.75) is 25.9 Å². The molecule has 5 nitrogen and oxygen atoms in total. The number of nitrogens with zero attached hydrogens (tertiary/aromatic N) is 1. The molecule has 1 aliphatic heterocycles. The summed E-state index contributed by atoms with van der Waals surface area (Å²) in [5.74, 6) is -0.370. The first-order chi connectivity index (χ1) is 10.1. The highest BCUT2D eigenvalue weighted by Crippen LogP contribution is 2.19. The second-order valence-electron chi connectivity index (χ2n) is 4.53. The number of aryl methyl sites for hydroxylation is 1. The molecular weight excluding hydrogens is 266 g/mol. The summed E-state index contributed by atoms with van der Waals surface area (Å²) in [6.07, 6.45) is 0.270. The topological polar surface area (TPSA) is 63.7 Å². The number of carbonyl (C=O) groups is 1. The summed E-state index contributed by atoms with van der Waals surface area (Å²) < 4.78 is 48.8. The summed E-state index contributed by atoms with van der Waals surface area (Å²) in [6.45, 7) is -1.46. The molecule has 1 saturated heterocycles. The molecule has 0 radical (unpaired) electrons. The highest BCUT2D eigenvalue weighted by atomic mass is 32.2. The molecule has 2 rings (SSSR count). The summed E-state index contributed by atoms with van der Waals surface area (Å²) in [7, 11) is -3.67. The van der Waals surface area contributed by atoms with Crippen LogP contribution in [0, 0.1) is 6.85 Å². The van der Waals surface area contributed by atoms with Crippen molar-refractivity contribution in [2.24, 2.45) is 0 Å². The first kappa shape index (κ1) is 10.4. The van der Waals surface area contributed by atoms with E-state index in [0.29, 0.717) is 19.5 Å².